The third kappa shape index (κ3) is 3.05. The number of pyridine rings is 1. The van der Waals surface area contributed by atoms with Gasteiger partial charge in [0.1, 0.15) is 11.8 Å². The minimum absolute atomic E-state index is 0.520. The van der Waals surface area contributed by atoms with Crippen molar-refractivity contribution in [1.29, 1.82) is 5.26 Å². The minimum atomic E-state index is 0.520. The van der Waals surface area contributed by atoms with Crippen molar-refractivity contribution in [1.82, 2.24) is 4.98 Å². The predicted molar refractivity (Wildman–Crippen MR) is 54.2 cm³/mol. The van der Waals surface area contributed by atoms with E-state index in [9.17, 15) is 0 Å². The standard InChI is InChI=1S/C9H11N3S/c10-3-5-13-7-8-2-1-4-12-9(8)6-11/h1-2,4H,3,5,7,10H2. The maximum absolute atomic E-state index is 8.73. The van der Waals surface area contributed by atoms with Crippen molar-refractivity contribution in [2.75, 3.05) is 12.3 Å². The Bertz CT molecular complexity index is 306. The zero-order valence-corrected chi connectivity index (χ0v) is 8.05. The van der Waals surface area contributed by atoms with E-state index in [4.69, 9.17) is 11.0 Å². The van der Waals surface area contributed by atoms with Crippen LogP contribution in [0.4, 0.5) is 0 Å². The van der Waals surface area contributed by atoms with Crippen LogP contribution in [-0.4, -0.2) is 17.3 Å². The van der Waals surface area contributed by atoms with E-state index in [0.717, 1.165) is 17.1 Å². The molecule has 4 heteroatoms. The first kappa shape index (κ1) is 10.0. The molecular formula is C9H11N3S. The Morgan fingerprint density at radius 2 is 2.46 bits per heavy atom. The van der Waals surface area contributed by atoms with Crippen molar-refractivity contribution in [3.63, 3.8) is 0 Å². The summed E-state index contributed by atoms with van der Waals surface area (Å²) in [5, 5.41) is 8.73. The fourth-order valence-electron chi connectivity index (χ4n) is 0.921. The third-order valence-electron chi connectivity index (χ3n) is 1.52. The van der Waals surface area contributed by atoms with Gasteiger partial charge in [-0.15, -0.1) is 0 Å². The van der Waals surface area contributed by atoms with E-state index in [1.165, 1.54) is 0 Å². The number of nitrogens with zero attached hydrogens (tertiary/aromatic N) is 2. The van der Waals surface area contributed by atoms with Gasteiger partial charge in [-0.3, -0.25) is 0 Å². The summed E-state index contributed by atoms with van der Waals surface area (Å²) >= 11 is 1.72. The van der Waals surface area contributed by atoms with Crippen LogP contribution in [0.2, 0.25) is 0 Å². The topological polar surface area (TPSA) is 62.7 Å². The van der Waals surface area contributed by atoms with Gasteiger partial charge >= 0.3 is 0 Å². The van der Waals surface area contributed by atoms with Gasteiger partial charge in [0.05, 0.1) is 0 Å². The highest BCUT2D eigenvalue weighted by Gasteiger charge is 2.00. The molecule has 1 rings (SSSR count). The maximum Gasteiger partial charge on any atom is 0.144 e. The zero-order valence-electron chi connectivity index (χ0n) is 7.23. The molecule has 0 aromatic carbocycles. The maximum atomic E-state index is 8.73. The first-order chi connectivity index (χ1) is 6.38. The Labute approximate surface area is 82.0 Å². The van der Waals surface area contributed by atoms with Crippen LogP contribution in [0.1, 0.15) is 11.3 Å². The second kappa shape index (κ2) is 5.57. The molecule has 0 spiro atoms. The largest absolute Gasteiger partial charge is 0.330 e. The summed E-state index contributed by atoms with van der Waals surface area (Å²) in [6.07, 6.45) is 1.63. The molecule has 3 nitrogen and oxygen atoms in total. The molecule has 2 N–H and O–H groups in total. The lowest BCUT2D eigenvalue weighted by atomic mass is 10.2. The summed E-state index contributed by atoms with van der Waals surface area (Å²) in [6.45, 7) is 0.673. The minimum Gasteiger partial charge on any atom is -0.330 e. The number of aromatic nitrogens is 1. The van der Waals surface area contributed by atoms with Gasteiger partial charge in [-0.05, 0) is 11.6 Å². The molecule has 1 aromatic heterocycles. The summed E-state index contributed by atoms with van der Waals surface area (Å²) in [5.41, 5.74) is 6.87. The van der Waals surface area contributed by atoms with Gasteiger partial charge in [0, 0.05) is 24.2 Å². The molecule has 0 unspecified atom stereocenters. The van der Waals surface area contributed by atoms with Gasteiger partial charge in [0.25, 0.3) is 0 Å². The first-order valence-corrected chi connectivity index (χ1v) is 5.15. The Hall–Kier alpha value is -1.05. The monoisotopic (exact) mass is 193 g/mol. The smallest absolute Gasteiger partial charge is 0.144 e. The van der Waals surface area contributed by atoms with Crippen molar-refractivity contribution in [3.05, 3.63) is 29.6 Å². The van der Waals surface area contributed by atoms with E-state index >= 15 is 0 Å². The number of hydrogen-bond acceptors (Lipinski definition) is 4. The van der Waals surface area contributed by atoms with E-state index in [1.807, 2.05) is 12.1 Å². The fraction of sp³-hybridized carbons (Fsp3) is 0.333. The highest BCUT2D eigenvalue weighted by Crippen LogP contribution is 2.13. The van der Waals surface area contributed by atoms with Crippen LogP contribution in [0.15, 0.2) is 18.3 Å². The summed E-state index contributed by atoms with van der Waals surface area (Å²) < 4.78 is 0. The van der Waals surface area contributed by atoms with Gasteiger partial charge in [0.2, 0.25) is 0 Å². The number of nitriles is 1. The van der Waals surface area contributed by atoms with E-state index in [0.29, 0.717) is 12.2 Å². The van der Waals surface area contributed by atoms with E-state index in [1.54, 1.807) is 18.0 Å². The van der Waals surface area contributed by atoms with Crippen LogP contribution >= 0.6 is 11.8 Å². The Balaban J connectivity index is 2.60. The molecule has 0 aliphatic heterocycles. The Kier molecular flexibility index (Phi) is 4.30. The summed E-state index contributed by atoms with van der Waals surface area (Å²) in [7, 11) is 0. The second-order valence-corrected chi connectivity index (χ2v) is 3.57. The Morgan fingerprint density at radius 1 is 1.62 bits per heavy atom. The zero-order chi connectivity index (χ0) is 9.52. The van der Waals surface area contributed by atoms with Gasteiger partial charge in [-0.2, -0.15) is 17.0 Å². The van der Waals surface area contributed by atoms with Crippen LogP contribution < -0.4 is 5.73 Å². The fourth-order valence-corrected chi connectivity index (χ4v) is 1.69. The summed E-state index contributed by atoms with van der Waals surface area (Å²) in [4.78, 5) is 3.97. The van der Waals surface area contributed by atoms with Gasteiger partial charge in [-0.1, -0.05) is 6.07 Å². The van der Waals surface area contributed by atoms with Crippen LogP contribution in [0, 0.1) is 11.3 Å². The van der Waals surface area contributed by atoms with Crippen molar-refractivity contribution >= 4 is 11.8 Å². The second-order valence-electron chi connectivity index (χ2n) is 2.46. The van der Waals surface area contributed by atoms with Crippen molar-refractivity contribution < 1.29 is 0 Å². The molecule has 1 aromatic rings. The molecule has 0 bridgehead atoms. The number of hydrogen-bond donors (Lipinski definition) is 1. The number of nitrogens with two attached hydrogens (primary N) is 1. The van der Waals surface area contributed by atoms with Crippen LogP contribution in [-0.2, 0) is 5.75 Å². The van der Waals surface area contributed by atoms with Crippen LogP contribution in [0.25, 0.3) is 0 Å². The third-order valence-corrected chi connectivity index (χ3v) is 2.56. The van der Waals surface area contributed by atoms with E-state index in [2.05, 4.69) is 11.1 Å². The molecule has 0 fully saturated rings. The van der Waals surface area contributed by atoms with Crippen LogP contribution in [0.5, 0.6) is 0 Å². The van der Waals surface area contributed by atoms with Crippen LogP contribution in [0.3, 0.4) is 0 Å². The predicted octanol–water partition coefficient (Wildman–Crippen LogP) is 1.15. The molecule has 1 heterocycles. The normalized spacial score (nSPS) is 9.54. The summed E-state index contributed by atoms with van der Waals surface area (Å²) in [5.74, 6) is 1.73. The average molecular weight is 193 g/mol. The van der Waals surface area contributed by atoms with Crippen molar-refractivity contribution in [2.24, 2.45) is 5.73 Å². The molecule has 0 saturated heterocycles. The molecular weight excluding hydrogens is 182 g/mol. The molecule has 0 radical (unpaired) electrons. The van der Waals surface area contributed by atoms with E-state index in [-0.39, 0.29) is 0 Å². The Morgan fingerprint density at radius 3 is 3.15 bits per heavy atom. The quantitative estimate of drug-likeness (QED) is 0.728. The van der Waals surface area contributed by atoms with Crippen molar-refractivity contribution in [2.45, 2.75) is 5.75 Å². The first-order valence-electron chi connectivity index (χ1n) is 4.00. The highest BCUT2D eigenvalue weighted by atomic mass is 32.2. The SMILES string of the molecule is N#Cc1ncccc1CSCCN. The number of rotatable bonds is 4. The highest BCUT2D eigenvalue weighted by molar-refractivity contribution is 7.98. The molecule has 0 atom stereocenters. The molecule has 0 aliphatic carbocycles. The lowest BCUT2D eigenvalue weighted by Gasteiger charge is -2.00. The molecule has 0 amide bonds. The van der Waals surface area contributed by atoms with E-state index < -0.39 is 0 Å². The van der Waals surface area contributed by atoms with Gasteiger partial charge in [0.15, 0.2) is 0 Å². The molecule has 0 saturated carbocycles. The van der Waals surface area contributed by atoms with Gasteiger partial charge < -0.3 is 5.73 Å². The molecule has 68 valence electrons. The lowest BCUT2D eigenvalue weighted by molar-refractivity contribution is 1.14. The number of thioether (sulfide) groups is 1. The molecule has 13 heavy (non-hydrogen) atoms. The molecule has 0 aliphatic rings. The van der Waals surface area contributed by atoms with Crippen molar-refractivity contribution in [3.8, 4) is 6.07 Å². The summed E-state index contributed by atoms with van der Waals surface area (Å²) in [6, 6.07) is 5.84. The average Bonchev–Trinajstić information content (AvgIpc) is 2.19. The lowest BCUT2D eigenvalue weighted by Crippen LogP contribution is -2.02. The van der Waals surface area contributed by atoms with Gasteiger partial charge in [-0.25, -0.2) is 4.98 Å².